The summed E-state index contributed by atoms with van der Waals surface area (Å²) in [5.41, 5.74) is 3.83. The molecule has 8 rings (SSSR count). The molecule has 3 aromatic carbocycles. The Kier molecular flexibility index (Phi) is 8.48. The summed E-state index contributed by atoms with van der Waals surface area (Å²) in [6.07, 6.45) is 3.41. The van der Waals surface area contributed by atoms with Gasteiger partial charge in [0.25, 0.3) is 11.8 Å². The monoisotopic (exact) mass is 712 g/mol. The van der Waals surface area contributed by atoms with Crippen LogP contribution in [0.15, 0.2) is 89.6 Å². The average molecular weight is 713 g/mol. The summed E-state index contributed by atoms with van der Waals surface area (Å²) in [6.45, 7) is 6.09. The van der Waals surface area contributed by atoms with Gasteiger partial charge in [-0.3, -0.25) is 29.4 Å². The van der Waals surface area contributed by atoms with Gasteiger partial charge in [0, 0.05) is 43.3 Å². The third-order valence-corrected chi connectivity index (χ3v) is 10.1. The van der Waals surface area contributed by atoms with E-state index in [1.165, 1.54) is 0 Å². The van der Waals surface area contributed by atoms with E-state index in [2.05, 4.69) is 63.9 Å². The number of piperidine rings is 1. The second kappa shape index (κ2) is 13.3. The molecule has 0 spiro atoms. The van der Waals surface area contributed by atoms with E-state index in [1.807, 2.05) is 30.3 Å². The number of ether oxygens (including phenoxy) is 2. The highest BCUT2D eigenvalue weighted by atomic mass is 16.5. The molecule has 1 aliphatic carbocycles. The SMILES string of the molecule is Cc1nc(-c2ccc(Oc3ccc(C(C)(C)c4ccc(OC5CC(Nc6ccc7c(c6)C(=O)N(C6CCC(=O)NC6=O)C7=O)C5)cc4)cc3)cn2)no1. The van der Waals surface area contributed by atoms with Crippen molar-refractivity contribution in [2.45, 2.75) is 70.1 Å². The van der Waals surface area contributed by atoms with Crippen LogP contribution in [0.5, 0.6) is 17.2 Å². The first-order chi connectivity index (χ1) is 25.5. The lowest BCUT2D eigenvalue weighted by molar-refractivity contribution is -0.136. The number of aryl methyl sites for hydroxylation is 1. The molecule has 2 N–H and O–H groups in total. The van der Waals surface area contributed by atoms with Crippen molar-refractivity contribution in [2.24, 2.45) is 0 Å². The Bertz CT molecular complexity index is 2230. The Morgan fingerprint density at radius 2 is 1.53 bits per heavy atom. The van der Waals surface area contributed by atoms with Gasteiger partial charge in [-0.15, -0.1) is 0 Å². The van der Waals surface area contributed by atoms with Crippen molar-refractivity contribution in [1.82, 2.24) is 25.3 Å². The molecule has 5 aromatic rings. The highest BCUT2D eigenvalue weighted by Crippen LogP contribution is 2.36. The minimum absolute atomic E-state index is 0.0362. The van der Waals surface area contributed by atoms with Gasteiger partial charge < -0.3 is 19.3 Å². The van der Waals surface area contributed by atoms with Crippen LogP contribution in [0, 0.1) is 6.92 Å². The Morgan fingerprint density at radius 1 is 0.849 bits per heavy atom. The fraction of sp³-hybridized carbons (Fsp3) is 0.275. The quantitative estimate of drug-likeness (QED) is 0.164. The van der Waals surface area contributed by atoms with Crippen molar-refractivity contribution in [2.75, 3.05) is 5.32 Å². The fourth-order valence-corrected chi connectivity index (χ4v) is 6.94. The summed E-state index contributed by atoms with van der Waals surface area (Å²) in [6, 6.07) is 24.0. The predicted molar refractivity (Wildman–Crippen MR) is 192 cm³/mol. The Labute approximate surface area is 304 Å². The number of pyridine rings is 1. The van der Waals surface area contributed by atoms with Crippen molar-refractivity contribution in [3.05, 3.63) is 113 Å². The maximum atomic E-state index is 13.2. The molecule has 2 aliphatic heterocycles. The molecule has 3 aliphatic rings. The summed E-state index contributed by atoms with van der Waals surface area (Å²) in [4.78, 5) is 59.6. The molecule has 1 unspecified atom stereocenters. The van der Waals surface area contributed by atoms with Crippen LogP contribution < -0.4 is 20.1 Å². The number of nitrogens with one attached hydrogen (secondary N) is 2. The van der Waals surface area contributed by atoms with E-state index in [4.69, 9.17) is 14.0 Å². The number of nitrogens with zero attached hydrogens (tertiary/aromatic N) is 4. The van der Waals surface area contributed by atoms with Gasteiger partial charge in [0.1, 0.15) is 35.1 Å². The summed E-state index contributed by atoms with van der Waals surface area (Å²) in [7, 11) is 0. The first-order valence-corrected chi connectivity index (χ1v) is 17.5. The minimum atomic E-state index is -0.989. The van der Waals surface area contributed by atoms with Gasteiger partial charge in [0.05, 0.1) is 17.3 Å². The number of aromatic nitrogens is 3. The number of carbonyl (C=O) groups excluding carboxylic acids is 4. The van der Waals surface area contributed by atoms with Crippen LogP contribution in [0.3, 0.4) is 0 Å². The maximum absolute atomic E-state index is 13.2. The summed E-state index contributed by atoms with van der Waals surface area (Å²) in [5.74, 6) is 0.930. The van der Waals surface area contributed by atoms with Crippen molar-refractivity contribution >= 4 is 29.3 Å². The highest BCUT2D eigenvalue weighted by Gasteiger charge is 2.45. The van der Waals surface area contributed by atoms with E-state index in [0.29, 0.717) is 34.6 Å². The van der Waals surface area contributed by atoms with Crippen LogP contribution in [0.1, 0.15) is 77.3 Å². The van der Waals surface area contributed by atoms with Gasteiger partial charge in [-0.25, -0.2) is 4.98 Å². The fourth-order valence-electron chi connectivity index (χ4n) is 6.94. The number of fused-ring (bicyclic) bond motifs is 1. The molecule has 13 heteroatoms. The number of carbonyl (C=O) groups is 4. The number of benzene rings is 3. The van der Waals surface area contributed by atoms with Crippen molar-refractivity contribution < 1.29 is 33.2 Å². The van der Waals surface area contributed by atoms with Crippen molar-refractivity contribution in [3.8, 4) is 28.8 Å². The van der Waals surface area contributed by atoms with Crippen LogP contribution in [0.2, 0.25) is 0 Å². The minimum Gasteiger partial charge on any atom is -0.490 e. The molecule has 268 valence electrons. The van der Waals surface area contributed by atoms with Crippen LogP contribution in [-0.2, 0) is 15.0 Å². The molecule has 4 heterocycles. The van der Waals surface area contributed by atoms with E-state index in [9.17, 15) is 19.2 Å². The third kappa shape index (κ3) is 6.61. The summed E-state index contributed by atoms with van der Waals surface area (Å²) < 4.78 is 17.3. The zero-order valence-corrected chi connectivity index (χ0v) is 29.3. The molecule has 2 fully saturated rings. The van der Waals surface area contributed by atoms with Gasteiger partial charge in [-0.2, -0.15) is 4.98 Å². The normalized spacial score (nSPS) is 19.8. The zero-order chi connectivity index (χ0) is 36.9. The van der Waals surface area contributed by atoms with Gasteiger partial charge in [0.15, 0.2) is 0 Å². The molecule has 0 bridgehead atoms. The molecule has 13 nitrogen and oxygen atoms in total. The Balaban J connectivity index is 0.829. The molecule has 2 aromatic heterocycles. The predicted octanol–water partition coefficient (Wildman–Crippen LogP) is 5.98. The van der Waals surface area contributed by atoms with E-state index in [0.717, 1.165) is 34.6 Å². The number of amides is 4. The standard InChI is InChI=1S/C40H36N6O7/c1-22-42-36(45-53-22)33-15-13-29(21-41-33)51-27-9-4-23(5-10-27)40(2,3)24-6-11-28(12-7-24)52-30-18-26(19-30)43-25-8-14-31-32(20-25)39(50)46(38(31)49)34-16-17-35(47)44-37(34)48/h4-15,20-21,26,30,34,43H,16-19H2,1-3H3,(H,44,47,48). The molecule has 1 saturated carbocycles. The summed E-state index contributed by atoms with van der Waals surface area (Å²) >= 11 is 0. The first kappa shape index (κ1) is 33.8. The highest BCUT2D eigenvalue weighted by molar-refractivity contribution is 6.23. The zero-order valence-electron chi connectivity index (χ0n) is 29.3. The lowest BCUT2D eigenvalue weighted by Gasteiger charge is -2.36. The lowest BCUT2D eigenvalue weighted by Crippen LogP contribution is -2.54. The van der Waals surface area contributed by atoms with E-state index >= 15 is 0 Å². The van der Waals surface area contributed by atoms with Gasteiger partial charge in [-0.05, 0) is 72.1 Å². The molecule has 4 amide bonds. The number of anilines is 1. The van der Waals surface area contributed by atoms with Crippen LogP contribution in [0.4, 0.5) is 5.69 Å². The average Bonchev–Trinajstić information content (AvgIpc) is 3.68. The van der Waals surface area contributed by atoms with E-state index < -0.39 is 29.7 Å². The Morgan fingerprint density at radius 3 is 2.17 bits per heavy atom. The smallest absolute Gasteiger partial charge is 0.262 e. The summed E-state index contributed by atoms with van der Waals surface area (Å²) in [5, 5.41) is 9.55. The number of hydrogen-bond acceptors (Lipinski definition) is 11. The maximum Gasteiger partial charge on any atom is 0.262 e. The largest absolute Gasteiger partial charge is 0.490 e. The second-order valence-corrected chi connectivity index (χ2v) is 14.1. The third-order valence-electron chi connectivity index (χ3n) is 10.1. The lowest BCUT2D eigenvalue weighted by atomic mass is 9.78. The van der Waals surface area contributed by atoms with Crippen LogP contribution in [0.25, 0.3) is 11.5 Å². The van der Waals surface area contributed by atoms with E-state index in [-0.39, 0.29) is 41.5 Å². The molecule has 1 saturated heterocycles. The van der Waals surface area contributed by atoms with Gasteiger partial charge in [0.2, 0.25) is 23.5 Å². The van der Waals surface area contributed by atoms with Crippen LogP contribution in [-0.4, -0.2) is 61.8 Å². The topological polar surface area (TPSA) is 166 Å². The van der Waals surface area contributed by atoms with Gasteiger partial charge in [-0.1, -0.05) is 43.3 Å². The molecular formula is C40H36N6O7. The number of hydrogen-bond donors (Lipinski definition) is 2. The second-order valence-electron chi connectivity index (χ2n) is 14.1. The van der Waals surface area contributed by atoms with Crippen LogP contribution >= 0.6 is 0 Å². The molecular weight excluding hydrogens is 676 g/mol. The number of imide groups is 2. The molecule has 1 atom stereocenters. The van der Waals surface area contributed by atoms with Gasteiger partial charge >= 0.3 is 0 Å². The molecule has 0 radical (unpaired) electrons. The molecule has 53 heavy (non-hydrogen) atoms. The number of rotatable bonds is 10. The van der Waals surface area contributed by atoms with Crippen molar-refractivity contribution in [1.29, 1.82) is 0 Å². The van der Waals surface area contributed by atoms with E-state index in [1.54, 1.807) is 37.4 Å². The Hall–Kier alpha value is -6.37. The van der Waals surface area contributed by atoms with Crippen molar-refractivity contribution in [3.63, 3.8) is 0 Å². The first-order valence-electron chi connectivity index (χ1n) is 17.5.